The van der Waals surface area contributed by atoms with Gasteiger partial charge < -0.3 is 20.1 Å². The first-order valence-electron chi connectivity index (χ1n) is 10.4. The van der Waals surface area contributed by atoms with Gasteiger partial charge in [0.1, 0.15) is 17.7 Å². The minimum Gasteiger partial charge on any atom is -0.357 e. The predicted molar refractivity (Wildman–Crippen MR) is 116 cm³/mol. The van der Waals surface area contributed by atoms with E-state index in [-0.39, 0.29) is 11.6 Å². The van der Waals surface area contributed by atoms with Crippen LogP contribution in [0.25, 0.3) is 17.1 Å². The summed E-state index contributed by atoms with van der Waals surface area (Å²) in [6.07, 6.45) is 9.06. The van der Waals surface area contributed by atoms with Crippen molar-refractivity contribution in [3.63, 3.8) is 0 Å². The van der Waals surface area contributed by atoms with Crippen molar-refractivity contribution in [2.75, 3.05) is 18.0 Å². The highest BCUT2D eigenvalue weighted by atomic mass is 16.5. The average Bonchev–Trinajstić information content (AvgIpc) is 3.38. The van der Waals surface area contributed by atoms with Gasteiger partial charge in [-0.15, -0.1) is 5.92 Å². The van der Waals surface area contributed by atoms with E-state index in [4.69, 9.17) is 15.2 Å². The quantitative estimate of drug-likeness (QED) is 0.622. The Balaban J connectivity index is 1.52. The average molecular weight is 420 g/mol. The Morgan fingerprint density at radius 2 is 2.26 bits per heavy atom. The van der Waals surface area contributed by atoms with Crippen molar-refractivity contribution in [3.05, 3.63) is 40.3 Å². The number of anilines is 1. The Bertz CT molecular complexity index is 1260. The summed E-state index contributed by atoms with van der Waals surface area (Å²) in [4.78, 5) is 22.3. The molecule has 0 bridgehead atoms. The molecule has 10 heteroatoms. The van der Waals surface area contributed by atoms with Gasteiger partial charge in [-0.1, -0.05) is 11.1 Å². The van der Waals surface area contributed by atoms with Crippen molar-refractivity contribution in [2.24, 2.45) is 5.73 Å². The van der Waals surface area contributed by atoms with Gasteiger partial charge in [0.15, 0.2) is 5.76 Å². The molecule has 2 N–H and O–H groups in total. The largest absolute Gasteiger partial charge is 0.357 e. The fraction of sp³-hybridized carbons (Fsp3) is 0.429. The molecule has 0 spiro atoms. The topological polar surface area (TPSA) is 111 Å². The van der Waals surface area contributed by atoms with Crippen molar-refractivity contribution in [1.82, 2.24) is 29.4 Å². The number of rotatable bonds is 4. The maximum atomic E-state index is 13.4. The molecule has 0 unspecified atom stereocenters. The molecule has 3 aromatic rings. The molecule has 0 saturated carbocycles. The van der Waals surface area contributed by atoms with E-state index in [2.05, 4.69) is 27.0 Å². The molecule has 5 heterocycles. The smallest absolute Gasteiger partial charge is 0.294 e. The van der Waals surface area contributed by atoms with E-state index in [9.17, 15) is 4.79 Å². The van der Waals surface area contributed by atoms with Crippen molar-refractivity contribution in [3.8, 4) is 11.8 Å². The lowest BCUT2D eigenvalue weighted by Crippen LogP contribution is -2.44. The highest BCUT2D eigenvalue weighted by molar-refractivity contribution is 5.77. The van der Waals surface area contributed by atoms with Crippen molar-refractivity contribution >= 4 is 23.1 Å². The Hall–Kier alpha value is -3.58. The van der Waals surface area contributed by atoms with Crippen LogP contribution in [0.5, 0.6) is 0 Å². The molecule has 1 saturated heterocycles. The van der Waals surface area contributed by atoms with Gasteiger partial charge in [-0.2, -0.15) is 5.10 Å². The second-order valence-electron chi connectivity index (χ2n) is 7.88. The molecule has 2 aliphatic heterocycles. The lowest BCUT2D eigenvalue weighted by atomic mass is 10.1. The monoisotopic (exact) mass is 420 g/mol. The van der Waals surface area contributed by atoms with E-state index in [0.29, 0.717) is 37.3 Å². The normalized spacial score (nSPS) is 18.2. The zero-order valence-electron chi connectivity index (χ0n) is 17.4. The summed E-state index contributed by atoms with van der Waals surface area (Å²) in [7, 11) is 0. The second kappa shape index (κ2) is 7.92. The first-order valence-corrected chi connectivity index (χ1v) is 10.4. The van der Waals surface area contributed by atoms with Crippen LogP contribution in [0.2, 0.25) is 0 Å². The zero-order valence-corrected chi connectivity index (χ0v) is 17.4. The molecule has 0 aromatic carbocycles. The summed E-state index contributed by atoms with van der Waals surface area (Å²) < 4.78 is 8.52. The van der Waals surface area contributed by atoms with Crippen LogP contribution in [0.3, 0.4) is 0 Å². The molecule has 10 nitrogen and oxygen atoms in total. The minimum atomic E-state index is -0.194. The molecule has 160 valence electrons. The molecule has 0 amide bonds. The van der Waals surface area contributed by atoms with Crippen LogP contribution in [0.1, 0.15) is 31.1 Å². The second-order valence-corrected chi connectivity index (χ2v) is 7.88. The summed E-state index contributed by atoms with van der Waals surface area (Å²) in [5.74, 6) is 7.47. The van der Waals surface area contributed by atoms with Crippen LogP contribution in [-0.4, -0.2) is 48.5 Å². The van der Waals surface area contributed by atoms with Crippen LogP contribution in [0.4, 0.5) is 5.95 Å². The van der Waals surface area contributed by atoms with E-state index in [1.807, 2.05) is 21.7 Å². The van der Waals surface area contributed by atoms with Crippen molar-refractivity contribution in [2.45, 2.75) is 45.6 Å². The summed E-state index contributed by atoms with van der Waals surface area (Å²) in [5, 5.41) is 8.19. The predicted octanol–water partition coefficient (Wildman–Crippen LogP) is 0.976. The van der Waals surface area contributed by atoms with Gasteiger partial charge in [0.05, 0.1) is 18.9 Å². The fourth-order valence-electron chi connectivity index (χ4n) is 4.15. The maximum Gasteiger partial charge on any atom is 0.294 e. The van der Waals surface area contributed by atoms with Gasteiger partial charge in [0.2, 0.25) is 5.95 Å². The Morgan fingerprint density at radius 3 is 3.10 bits per heavy atom. The third-order valence-electron chi connectivity index (χ3n) is 5.69. The molecule has 3 aromatic heterocycles. The van der Waals surface area contributed by atoms with Crippen molar-refractivity contribution in [1.29, 1.82) is 0 Å². The van der Waals surface area contributed by atoms with Crippen LogP contribution < -0.4 is 16.2 Å². The minimum absolute atomic E-state index is 0.0993. The van der Waals surface area contributed by atoms with E-state index < -0.39 is 0 Å². The molecule has 5 rings (SSSR count). The Morgan fingerprint density at radius 1 is 1.35 bits per heavy atom. The first kappa shape index (κ1) is 19.4. The Kier molecular flexibility index (Phi) is 4.95. The molecule has 0 aliphatic carbocycles. The Labute approximate surface area is 178 Å². The SMILES string of the molecule is CC#CCn1c(N2CCC[C@@H](N)C2)nc2cnn(CN3C=Cc4oncc4C3)c(=O)c21. The fourth-order valence-corrected chi connectivity index (χ4v) is 4.15. The molecule has 2 aliphatic rings. The summed E-state index contributed by atoms with van der Waals surface area (Å²) in [5.41, 5.74) is 8.05. The molecule has 1 atom stereocenters. The van der Waals surface area contributed by atoms with E-state index in [1.54, 1.807) is 19.3 Å². The van der Waals surface area contributed by atoms with Gasteiger partial charge in [-0.05, 0) is 25.8 Å². The van der Waals surface area contributed by atoms with Crippen molar-refractivity contribution < 1.29 is 4.52 Å². The third-order valence-corrected chi connectivity index (χ3v) is 5.69. The summed E-state index contributed by atoms with van der Waals surface area (Å²) in [6.45, 7) is 4.66. The number of imidazole rings is 1. The molecular weight excluding hydrogens is 396 g/mol. The highest BCUT2D eigenvalue weighted by Gasteiger charge is 2.24. The number of hydrogen-bond acceptors (Lipinski definition) is 8. The van der Waals surface area contributed by atoms with E-state index in [1.165, 1.54) is 4.68 Å². The zero-order chi connectivity index (χ0) is 21.4. The number of fused-ring (bicyclic) bond motifs is 2. The number of hydrogen-bond donors (Lipinski definition) is 1. The molecular formula is C21H24N8O2. The first-order chi connectivity index (χ1) is 15.1. The number of nitrogens with zero attached hydrogens (tertiary/aromatic N) is 7. The van der Waals surface area contributed by atoms with Crippen LogP contribution in [0.15, 0.2) is 27.9 Å². The van der Waals surface area contributed by atoms with Gasteiger partial charge in [-0.3, -0.25) is 9.36 Å². The number of nitrogens with two attached hydrogens (primary N) is 1. The molecule has 31 heavy (non-hydrogen) atoms. The summed E-state index contributed by atoms with van der Waals surface area (Å²) in [6, 6.07) is 0.0993. The number of aromatic nitrogens is 5. The van der Waals surface area contributed by atoms with E-state index >= 15 is 0 Å². The maximum absolute atomic E-state index is 13.4. The van der Waals surface area contributed by atoms with Crippen LogP contribution in [0, 0.1) is 11.8 Å². The highest BCUT2D eigenvalue weighted by Crippen LogP contribution is 2.23. The van der Waals surface area contributed by atoms with Gasteiger partial charge in [-0.25, -0.2) is 9.67 Å². The van der Waals surface area contributed by atoms with Crippen LogP contribution in [-0.2, 0) is 19.8 Å². The standard InChI is InChI=1S/C21H24N8O2/c1-2-3-8-28-19-17(25-21(28)27-7-4-5-16(22)13-27)11-23-29(20(19)30)14-26-9-6-18-15(12-26)10-24-31-18/h6,9-11,16H,4-5,7-8,12-14,22H2,1H3/t16-/m1/s1. The third kappa shape index (κ3) is 3.57. The molecule has 1 fully saturated rings. The van der Waals surface area contributed by atoms with Gasteiger partial charge in [0.25, 0.3) is 5.56 Å². The summed E-state index contributed by atoms with van der Waals surface area (Å²) >= 11 is 0. The lowest BCUT2D eigenvalue weighted by molar-refractivity contribution is 0.269. The lowest BCUT2D eigenvalue weighted by Gasteiger charge is -2.31. The van der Waals surface area contributed by atoms with Gasteiger partial charge >= 0.3 is 0 Å². The number of piperidine rings is 1. The van der Waals surface area contributed by atoms with E-state index in [0.717, 1.165) is 36.7 Å². The van der Waals surface area contributed by atoms with Gasteiger partial charge in [0, 0.05) is 37.4 Å². The molecule has 0 radical (unpaired) electrons. The van der Waals surface area contributed by atoms with Crippen LogP contribution >= 0.6 is 0 Å².